The van der Waals surface area contributed by atoms with Crippen molar-refractivity contribution in [1.29, 1.82) is 0 Å². The van der Waals surface area contributed by atoms with Gasteiger partial charge in [-0.05, 0) is 31.5 Å². The van der Waals surface area contributed by atoms with Crippen molar-refractivity contribution >= 4 is 23.5 Å². The van der Waals surface area contributed by atoms with Gasteiger partial charge in [0.2, 0.25) is 11.8 Å². The molecular formula is C18H20N4O3. The molecule has 7 nitrogen and oxygen atoms in total. The first-order chi connectivity index (χ1) is 12.0. The number of anilines is 1. The van der Waals surface area contributed by atoms with Crippen LogP contribution in [0.25, 0.3) is 0 Å². The Morgan fingerprint density at radius 3 is 2.36 bits per heavy atom. The fourth-order valence-corrected chi connectivity index (χ4v) is 2.76. The fraction of sp³-hybridized carbons (Fsp3) is 0.333. The van der Waals surface area contributed by atoms with E-state index >= 15 is 0 Å². The normalized spacial score (nSPS) is 14.4. The first kappa shape index (κ1) is 16.9. The molecule has 2 heterocycles. The minimum atomic E-state index is -0.234. The van der Waals surface area contributed by atoms with Gasteiger partial charge in [-0.25, -0.2) is 4.68 Å². The third kappa shape index (κ3) is 3.60. The van der Waals surface area contributed by atoms with Gasteiger partial charge in [0.15, 0.2) is 0 Å². The fourth-order valence-electron chi connectivity index (χ4n) is 2.76. The summed E-state index contributed by atoms with van der Waals surface area (Å²) in [7, 11) is 0. The number of hydrogen-bond donors (Lipinski definition) is 1. The molecule has 1 aromatic carbocycles. The molecule has 1 fully saturated rings. The summed E-state index contributed by atoms with van der Waals surface area (Å²) in [5.74, 6) is 0.113. The third-order valence-corrected chi connectivity index (χ3v) is 4.11. The minimum absolute atomic E-state index is 0.142. The number of hydrogen-bond acceptors (Lipinski definition) is 4. The number of benzene rings is 1. The zero-order chi connectivity index (χ0) is 18.0. The molecule has 1 aliphatic heterocycles. The Morgan fingerprint density at radius 2 is 1.76 bits per heavy atom. The highest BCUT2D eigenvalue weighted by Gasteiger charge is 2.28. The van der Waals surface area contributed by atoms with Crippen molar-refractivity contribution in [3.63, 3.8) is 0 Å². The van der Waals surface area contributed by atoms with Crippen LogP contribution in [0, 0.1) is 0 Å². The Balaban J connectivity index is 1.67. The molecule has 0 radical (unpaired) electrons. The summed E-state index contributed by atoms with van der Waals surface area (Å²) in [6.07, 6.45) is 2.20. The van der Waals surface area contributed by atoms with Crippen molar-refractivity contribution < 1.29 is 14.4 Å². The van der Waals surface area contributed by atoms with Gasteiger partial charge in [-0.1, -0.05) is 12.1 Å². The molecule has 0 saturated carbocycles. The van der Waals surface area contributed by atoms with Crippen molar-refractivity contribution in [2.24, 2.45) is 0 Å². The Bertz CT molecular complexity index is 792. The monoisotopic (exact) mass is 340 g/mol. The molecule has 0 aliphatic carbocycles. The second-order valence-corrected chi connectivity index (χ2v) is 6.28. The van der Waals surface area contributed by atoms with Gasteiger partial charge in [-0.2, -0.15) is 5.10 Å². The van der Waals surface area contributed by atoms with Crippen LogP contribution in [0.4, 0.5) is 5.82 Å². The van der Waals surface area contributed by atoms with Gasteiger partial charge in [0.1, 0.15) is 5.82 Å². The van der Waals surface area contributed by atoms with Crippen LogP contribution in [0.2, 0.25) is 0 Å². The van der Waals surface area contributed by atoms with Crippen LogP contribution in [0.5, 0.6) is 0 Å². The zero-order valence-corrected chi connectivity index (χ0v) is 14.2. The van der Waals surface area contributed by atoms with Crippen molar-refractivity contribution in [1.82, 2.24) is 14.7 Å². The van der Waals surface area contributed by atoms with E-state index < -0.39 is 0 Å². The van der Waals surface area contributed by atoms with Crippen LogP contribution in [0.3, 0.4) is 0 Å². The van der Waals surface area contributed by atoms with Crippen LogP contribution in [-0.2, 0) is 16.1 Å². The summed E-state index contributed by atoms with van der Waals surface area (Å²) in [6.45, 7) is 4.22. The van der Waals surface area contributed by atoms with Gasteiger partial charge in [0.25, 0.3) is 5.91 Å². The lowest BCUT2D eigenvalue weighted by Gasteiger charge is -2.14. The van der Waals surface area contributed by atoms with Gasteiger partial charge in [-0.15, -0.1) is 0 Å². The largest absolute Gasteiger partial charge is 0.307 e. The minimum Gasteiger partial charge on any atom is -0.307 e. The van der Waals surface area contributed by atoms with E-state index in [2.05, 4.69) is 10.4 Å². The van der Waals surface area contributed by atoms with Gasteiger partial charge in [0, 0.05) is 30.5 Å². The maximum atomic E-state index is 12.4. The topological polar surface area (TPSA) is 84.3 Å². The molecular weight excluding hydrogens is 320 g/mol. The number of nitrogens with one attached hydrogen (secondary N) is 1. The van der Waals surface area contributed by atoms with E-state index in [9.17, 15) is 14.4 Å². The second-order valence-electron chi connectivity index (χ2n) is 6.28. The third-order valence-electron chi connectivity index (χ3n) is 4.11. The van der Waals surface area contributed by atoms with Gasteiger partial charge in [-0.3, -0.25) is 19.3 Å². The molecule has 3 rings (SSSR count). The summed E-state index contributed by atoms with van der Waals surface area (Å²) < 4.78 is 1.73. The quantitative estimate of drug-likeness (QED) is 0.847. The van der Waals surface area contributed by atoms with E-state index in [1.54, 1.807) is 41.2 Å². The van der Waals surface area contributed by atoms with Crippen LogP contribution in [0.15, 0.2) is 36.5 Å². The predicted octanol–water partition coefficient (Wildman–Crippen LogP) is 2.37. The van der Waals surface area contributed by atoms with Crippen molar-refractivity contribution in [3.05, 3.63) is 47.7 Å². The molecule has 0 bridgehead atoms. The zero-order valence-electron chi connectivity index (χ0n) is 14.2. The average Bonchev–Trinajstić information content (AvgIpc) is 3.17. The number of rotatable bonds is 5. The van der Waals surface area contributed by atoms with E-state index in [-0.39, 0.29) is 43.1 Å². The van der Waals surface area contributed by atoms with E-state index in [0.29, 0.717) is 11.4 Å². The molecule has 0 unspecified atom stereocenters. The predicted molar refractivity (Wildman–Crippen MR) is 91.8 cm³/mol. The van der Waals surface area contributed by atoms with E-state index in [4.69, 9.17) is 0 Å². The second kappa shape index (κ2) is 6.88. The summed E-state index contributed by atoms with van der Waals surface area (Å²) in [6, 6.07) is 8.78. The highest BCUT2D eigenvalue weighted by atomic mass is 16.2. The van der Waals surface area contributed by atoms with E-state index in [1.807, 2.05) is 13.8 Å². The first-order valence-corrected chi connectivity index (χ1v) is 8.22. The summed E-state index contributed by atoms with van der Waals surface area (Å²) in [5.41, 5.74) is 1.31. The number of aromatic nitrogens is 2. The molecule has 1 N–H and O–H groups in total. The molecule has 7 heteroatoms. The number of carbonyl (C=O) groups excluding carboxylic acids is 3. The summed E-state index contributed by atoms with van der Waals surface area (Å²) in [5, 5.41) is 7.02. The van der Waals surface area contributed by atoms with Crippen LogP contribution in [0.1, 0.15) is 48.7 Å². The van der Waals surface area contributed by atoms with Crippen LogP contribution < -0.4 is 5.32 Å². The SMILES string of the molecule is CC(C)n1nccc1NC(=O)c1ccc(CN2C(=O)CCC2=O)cc1. The maximum Gasteiger partial charge on any atom is 0.256 e. The molecule has 2 aromatic rings. The Labute approximate surface area is 145 Å². The standard InChI is InChI=1S/C18H20N4O3/c1-12(2)22-15(9-10-19-22)20-18(25)14-5-3-13(4-6-14)11-21-16(23)7-8-17(21)24/h3-6,9-10,12H,7-8,11H2,1-2H3,(H,20,25). The lowest BCUT2D eigenvalue weighted by molar-refractivity contribution is -0.139. The molecule has 3 amide bonds. The number of nitrogens with zero attached hydrogens (tertiary/aromatic N) is 3. The molecule has 0 spiro atoms. The average molecular weight is 340 g/mol. The van der Waals surface area contributed by atoms with Gasteiger partial charge >= 0.3 is 0 Å². The van der Waals surface area contributed by atoms with E-state index in [1.165, 1.54) is 4.90 Å². The Morgan fingerprint density at radius 1 is 1.12 bits per heavy atom. The van der Waals surface area contributed by atoms with Crippen molar-refractivity contribution in [3.8, 4) is 0 Å². The number of carbonyl (C=O) groups is 3. The van der Waals surface area contributed by atoms with Crippen LogP contribution >= 0.6 is 0 Å². The van der Waals surface area contributed by atoms with Crippen molar-refractivity contribution in [2.45, 2.75) is 39.3 Å². The van der Waals surface area contributed by atoms with Gasteiger partial charge < -0.3 is 5.32 Å². The smallest absolute Gasteiger partial charge is 0.256 e. The molecule has 0 atom stereocenters. The molecule has 1 aliphatic rings. The maximum absolute atomic E-state index is 12.4. The molecule has 130 valence electrons. The first-order valence-electron chi connectivity index (χ1n) is 8.22. The summed E-state index contributed by atoms with van der Waals surface area (Å²) in [4.78, 5) is 37.0. The lowest BCUT2D eigenvalue weighted by atomic mass is 10.1. The molecule has 25 heavy (non-hydrogen) atoms. The van der Waals surface area contributed by atoms with E-state index in [0.717, 1.165) is 5.56 Å². The molecule has 1 aromatic heterocycles. The highest BCUT2D eigenvalue weighted by Crippen LogP contribution is 2.17. The Hall–Kier alpha value is -2.96. The van der Waals surface area contributed by atoms with Crippen molar-refractivity contribution in [2.75, 3.05) is 5.32 Å². The molecule has 1 saturated heterocycles. The van der Waals surface area contributed by atoms with Crippen LogP contribution in [-0.4, -0.2) is 32.4 Å². The Kier molecular flexibility index (Phi) is 4.65. The number of amides is 3. The lowest BCUT2D eigenvalue weighted by Crippen LogP contribution is -2.28. The summed E-state index contributed by atoms with van der Waals surface area (Å²) >= 11 is 0. The number of likely N-dealkylation sites (tertiary alicyclic amines) is 1. The highest BCUT2D eigenvalue weighted by molar-refractivity contribution is 6.04. The number of imide groups is 1. The van der Waals surface area contributed by atoms with Gasteiger partial charge in [0.05, 0.1) is 12.7 Å².